The molecule has 3 aromatic rings. The summed E-state index contributed by atoms with van der Waals surface area (Å²) in [5.41, 5.74) is 4.23. The van der Waals surface area contributed by atoms with Crippen LogP contribution in [0.2, 0.25) is 0 Å². The number of nitrogens with zero attached hydrogens (tertiary/aromatic N) is 2. The van der Waals surface area contributed by atoms with Gasteiger partial charge in [0.1, 0.15) is 5.82 Å². The van der Waals surface area contributed by atoms with E-state index in [9.17, 15) is 18.8 Å². The first-order valence-electron chi connectivity index (χ1n) is 14.7. The van der Waals surface area contributed by atoms with Crippen molar-refractivity contribution in [3.8, 4) is 0 Å². The Morgan fingerprint density at radius 3 is 2.31 bits per heavy atom. The van der Waals surface area contributed by atoms with Crippen molar-refractivity contribution in [1.29, 1.82) is 0 Å². The van der Waals surface area contributed by atoms with Gasteiger partial charge in [0.15, 0.2) is 0 Å². The number of likely N-dealkylation sites (tertiary alicyclic amines) is 1. The molecule has 1 fully saturated rings. The number of hydrogen-bond donors (Lipinski definition) is 0. The predicted octanol–water partition coefficient (Wildman–Crippen LogP) is 6.27. The van der Waals surface area contributed by atoms with Gasteiger partial charge in [0.05, 0.1) is 18.7 Å². The van der Waals surface area contributed by atoms with Crippen LogP contribution in [0, 0.1) is 11.7 Å². The Kier molecular flexibility index (Phi) is 9.15. The maximum Gasteiger partial charge on any atom is 0.336 e. The molecule has 218 valence electrons. The first-order valence-corrected chi connectivity index (χ1v) is 14.7. The van der Waals surface area contributed by atoms with Gasteiger partial charge in [-0.1, -0.05) is 54.6 Å². The van der Waals surface area contributed by atoms with Crippen LogP contribution in [0.3, 0.4) is 0 Å². The van der Waals surface area contributed by atoms with Crippen molar-refractivity contribution in [2.24, 2.45) is 5.92 Å². The Balaban J connectivity index is 1.26. The molecule has 5 rings (SSSR count). The summed E-state index contributed by atoms with van der Waals surface area (Å²) in [7, 11) is 0. The molecular weight excluding hydrogens is 531 g/mol. The van der Waals surface area contributed by atoms with Crippen LogP contribution in [-0.2, 0) is 27.3 Å². The summed E-state index contributed by atoms with van der Waals surface area (Å²) in [5.74, 6) is -1.07. The van der Waals surface area contributed by atoms with Crippen LogP contribution < -0.4 is 0 Å². The lowest BCUT2D eigenvalue weighted by Crippen LogP contribution is -2.39. The van der Waals surface area contributed by atoms with Gasteiger partial charge in [-0.25, -0.2) is 9.18 Å². The molecular formula is C35H37FN2O4. The van der Waals surface area contributed by atoms with Crippen molar-refractivity contribution < 1.29 is 23.5 Å². The SMILES string of the molecule is CCOC(=O)C1=C(C)N(Cc2ccc(C(=O)N3CCC(Cc4ccccc4)CC3)cc2)C(=O)CC1c1cccc(F)c1. The molecule has 0 spiro atoms. The molecule has 0 radical (unpaired) electrons. The Hall–Kier alpha value is -4.26. The summed E-state index contributed by atoms with van der Waals surface area (Å²) < 4.78 is 19.3. The standard InChI is InChI=1S/C35H37FN2O4/c1-3-42-35(41)33-24(2)38(32(39)22-31(33)29-10-7-11-30(36)21-29)23-27-12-14-28(15-13-27)34(40)37-18-16-26(17-19-37)20-25-8-5-4-6-9-25/h4-15,21,26,31H,3,16-20,22-23H2,1-2H3. The molecule has 2 aliphatic heterocycles. The molecule has 0 N–H and O–H groups in total. The Labute approximate surface area is 246 Å². The molecule has 2 heterocycles. The average Bonchev–Trinajstić information content (AvgIpc) is 3.00. The van der Waals surface area contributed by atoms with E-state index in [0.717, 1.165) is 37.9 Å². The van der Waals surface area contributed by atoms with E-state index in [2.05, 4.69) is 24.3 Å². The van der Waals surface area contributed by atoms with Gasteiger partial charge in [0.25, 0.3) is 5.91 Å². The summed E-state index contributed by atoms with van der Waals surface area (Å²) in [6.07, 6.45) is 3.05. The topological polar surface area (TPSA) is 66.9 Å². The van der Waals surface area contributed by atoms with E-state index in [-0.39, 0.29) is 31.4 Å². The van der Waals surface area contributed by atoms with E-state index >= 15 is 0 Å². The van der Waals surface area contributed by atoms with Gasteiger partial charge in [-0.15, -0.1) is 0 Å². The maximum absolute atomic E-state index is 14.0. The number of piperidine rings is 1. The zero-order valence-corrected chi connectivity index (χ0v) is 24.2. The normalized spacial score (nSPS) is 17.9. The van der Waals surface area contributed by atoms with Crippen LogP contribution in [0.25, 0.3) is 0 Å². The van der Waals surface area contributed by atoms with E-state index in [4.69, 9.17) is 4.74 Å². The van der Waals surface area contributed by atoms with Gasteiger partial charge >= 0.3 is 5.97 Å². The third-order valence-electron chi connectivity index (χ3n) is 8.38. The second-order valence-electron chi connectivity index (χ2n) is 11.1. The molecule has 3 aromatic carbocycles. The summed E-state index contributed by atoms with van der Waals surface area (Å²) in [6, 6.07) is 23.8. The summed E-state index contributed by atoms with van der Waals surface area (Å²) in [6.45, 7) is 5.39. The number of benzene rings is 3. The fourth-order valence-corrected chi connectivity index (χ4v) is 6.09. The quantitative estimate of drug-likeness (QED) is 0.300. The Bertz CT molecular complexity index is 1460. The van der Waals surface area contributed by atoms with Crippen LogP contribution in [-0.4, -0.2) is 47.3 Å². The van der Waals surface area contributed by atoms with Gasteiger partial charge in [-0.2, -0.15) is 0 Å². The number of halogens is 1. The first kappa shape index (κ1) is 29.2. The highest BCUT2D eigenvalue weighted by Crippen LogP contribution is 2.38. The van der Waals surface area contributed by atoms with Crippen molar-refractivity contribution in [2.75, 3.05) is 19.7 Å². The van der Waals surface area contributed by atoms with Crippen molar-refractivity contribution in [3.63, 3.8) is 0 Å². The number of amides is 2. The van der Waals surface area contributed by atoms with Crippen LogP contribution in [0.5, 0.6) is 0 Å². The molecule has 0 aromatic heterocycles. The Morgan fingerprint density at radius 2 is 1.64 bits per heavy atom. The minimum atomic E-state index is -0.583. The number of rotatable bonds is 8. The lowest BCUT2D eigenvalue weighted by Gasteiger charge is -2.34. The molecule has 6 nitrogen and oxygen atoms in total. The number of carbonyl (C=O) groups excluding carboxylic acids is 3. The lowest BCUT2D eigenvalue weighted by atomic mass is 9.83. The Morgan fingerprint density at radius 1 is 0.929 bits per heavy atom. The summed E-state index contributed by atoms with van der Waals surface area (Å²) in [4.78, 5) is 43.0. The molecule has 2 aliphatic rings. The molecule has 1 saturated heterocycles. The van der Waals surface area contributed by atoms with E-state index in [1.807, 2.05) is 35.2 Å². The third-order valence-corrected chi connectivity index (χ3v) is 8.38. The van der Waals surface area contributed by atoms with E-state index in [1.54, 1.807) is 30.9 Å². The third kappa shape index (κ3) is 6.62. The van der Waals surface area contributed by atoms with Crippen molar-refractivity contribution in [3.05, 3.63) is 118 Å². The largest absolute Gasteiger partial charge is 0.463 e. The van der Waals surface area contributed by atoms with Gasteiger partial charge in [-0.3, -0.25) is 9.59 Å². The average molecular weight is 569 g/mol. The fraction of sp³-hybridized carbons (Fsp3) is 0.343. The molecule has 0 bridgehead atoms. The summed E-state index contributed by atoms with van der Waals surface area (Å²) >= 11 is 0. The van der Waals surface area contributed by atoms with Gasteiger partial charge in [0.2, 0.25) is 5.91 Å². The monoisotopic (exact) mass is 568 g/mol. The first-order chi connectivity index (χ1) is 20.3. The van der Waals surface area contributed by atoms with Crippen molar-refractivity contribution >= 4 is 17.8 Å². The lowest BCUT2D eigenvalue weighted by molar-refractivity contribution is -0.140. The van der Waals surface area contributed by atoms with Crippen LogP contribution in [0.4, 0.5) is 4.39 Å². The van der Waals surface area contributed by atoms with E-state index < -0.39 is 17.7 Å². The molecule has 7 heteroatoms. The number of allylic oxidation sites excluding steroid dienone is 1. The van der Waals surface area contributed by atoms with E-state index in [1.165, 1.54) is 17.7 Å². The number of carbonyl (C=O) groups is 3. The number of hydrogen-bond acceptors (Lipinski definition) is 4. The van der Waals surface area contributed by atoms with Gasteiger partial charge in [-0.05, 0) is 80.0 Å². The van der Waals surface area contributed by atoms with Crippen LogP contribution >= 0.6 is 0 Å². The van der Waals surface area contributed by atoms with Crippen molar-refractivity contribution in [1.82, 2.24) is 9.80 Å². The van der Waals surface area contributed by atoms with Crippen LogP contribution in [0.1, 0.15) is 66.1 Å². The molecule has 42 heavy (non-hydrogen) atoms. The van der Waals surface area contributed by atoms with Gasteiger partial charge in [0, 0.05) is 36.7 Å². The second kappa shape index (κ2) is 13.1. The van der Waals surface area contributed by atoms with Crippen molar-refractivity contribution in [2.45, 2.75) is 52.0 Å². The molecule has 1 atom stereocenters. The summed E-state index contributed by atoms with van der Waals surface area (Å²) in [5, 5.41) is 0. The minimum Gasteiger partial charge on any atom is -0.463 e. The van der Waals surface area contributed by atoms with Gasteiger partial charge < -0.3 is 14.5 Å². The highest BCUT2D eigenvalue weighted by atomic mass is 19.1. The molecule has 0 aliphatic carbocycles. The number of esters is 1. The highest BCUT2D eigenvalue weighted by molar-refractivity contribution is 5.96. The zero-order valence-electron chi connectivity index (χ0n) is 24.2. The highest BCUT2D eigenvalue weighted by Gasteiger charge is 2.37. The second-order valence-corrected chi connectivity index (χ2v) is 11.1. The fourth-order valence-electron chi connectivity index (χ4n) is 6.09. The molecule has 1 unspecified atom stereocenters. The smallest absolute Gasteiger partial charge is 0.336 e. The van der Waals surface area contributed by atoms with E-state index in [0.29, 0.717) is 28.3 Å². The predicted molar refractivity (Wildman–Crippen MR) is 159 cm³/mol. The molecule has 2 amide bonds. The van der Waals surface area contributed by atoms with Crippen LogP contribution in [0.15, 0.2) is 90.1 Å². The maximum atomic E-state index is 14.0. The number of ether oxygens (including phenoxy) is 1. The molecule has 0 saturated carbocycles. The minimum absolute atomic E-state index is 0.0207. The zero-order chi connectivity index (χ0) is 29.6.